The van der Waals surface area contributed by atoms with Crippen molar-refractivity contribution in [2.75, 3.05) is 0 Å². The zero-order valence-electron chi connectivity index (χ0n) is 6.14. The second-order valence-electron chi connectivity index (χ2n) is 2.62. The lowest BCUT2D eigenvalue weighted by atomic mass is 10.1. The van der Waals surface area contributed by atoms with Gasteiger partial charge in [0.15, 0.2) is 0 Å². The van der Waals surface area contributed by atoms with Crippen LogP contribution in [-0.2, 0) is 6.54 Å². The highest BCUT2D eigenvalue weighted by atomic mass is 79.9. The lowest BCUT2D eigenvalue weighted by molar-refractivity contribution is 0.626. The zero-order valence-corrected chi connectivity index (χ0v) is 7.73. The van der Waals surface area contributed by atoms with E-state index in [1.165, 1.54) is 12.1 Å². The van der Waals surface area contributed by atoms with Crippen LogP contribution < -0.4 is 5.73 Å². The van der Waals surface area contributed by atoms with Gasteiger partial charge in [-0.15, -0.1) is 0 Å². The summed E-state index contributed by atoms with van der Waals surface area (Å²) < 4.78 is 13.6. The van der Waals surface area contributed by atoms with E-state index in [9.17, 15) is 4.39 Å². The Morgan fingerprint density at radius 1 is 1.50 bits per heavy atom. The summed E-state index contributed by atoms with van der Waals surface area (Å²) >= 11 is 3.26. The Balaban J connectivity index is 2.67. The molecule has 2 rings (SSSR count). The highest BCUT2D eigenvalue weighted by molar-refractivity contribution is 9.10. The lowest BCUT2D eigenvalue weighted by Gasteiger charge is -2.01. The monoisotopic (exact) mass is 228 g/mol. The highest BCUT2D eigenvalue weighted by Gasteiger charge is 2.16. The van der Waals surface area contributed by atoms with Gasteiger partial charge >= 0.3 is 0 Å². The van der Waals surface area contributed by atoms with E-state index in [4.69, 9.17) is 5.73 Å². The molecule has 0 fully saturated rings. The molecule has 1 heterocycles. The summed E-state index contributed by atoms with van der Waals surface area (Å²) in [7, 11) is 0. The number of nitrogens with zero attached hydrogens (tertiary/aromatic N) is 1. The average Bonchev–Trinajstić information content (AvgIpc) is 2.33. The molecule has 0 radical (unpaired) electrons. The second kappa shape index (κ2) is 2.55. The van der Waals surface area contributed by atoms with E-state index in [-0.39, 0.29) is 5.82 Å². The van der Waals surface area contributed by atoms with Crippen LogP contribution >= 0.6 is 15.9 Å². The first-order valence-electron chi connectivity index (χ1n) is 3.46. The minimum absolute atomic E-state index is 0.291. The standard InChI is InChI=1S/C8H6BrFN2/c9-7-2-4(10)1-5-6(7)3-12-8(5)11/h1-2H,3H2,(H2,11,12). The molecular weight excluding hydrogens is 223 g/mol. The molecule has 4 heteroatoms. The molecule has 1 aromatic rings. The molecule has 12 heavy (non-hydrogen) atoms. The normalized spacial score (nSPS) is 14.3. The van der Waals surface area contributed by atoms with Gasteiger partial charge in [0.1, 0.15) is 11.7 Å². The van der Waals surface area contributed by atoms with Crippen molar-refractivity contribution in [1.82, 2.24) is 0 Å². The maximum absolute atomic E-state index is 12.9. The van der Waals surface area contributed by atoms with Crippen molar-refractivity contribution in [3.63, 3.8) is 0 Å². The van der Waals surface area contributed by atoms with E-state index in [1.807, 2.05) is 0 Å². The van der Waals surface area contributed by atoms with Gasteiger partial charge in [-0.2, -0.15) is 0 Å². The molecule has 2 N–H and O–H groups in total. The van der Waals surface area contributed by atoms with Gasteiger partial charge in [-0.1, -0.05) is 15.9 Å². The van der Waals surface area contributed by atoms with Gasteiger partial charge in [-0.05, 0) is 17.7 Å². The molecule has 0 unspecified atom stereocenters. The summed E-state index contributed by atoms with van der Waals surface area (Å²) in [5, 5.41) is 0. The van der Waals surface area contributed by atoms with Crippen molar-refractivity contribution in [3.05, 3.63) is 33.5 Å². The molecule has 2 nitrogen and oxygen atoms in total. The Morgan fingerprint density at radius 2 is 2.25 bits per heavy atom. The molecule has 0 atom stereocenters. The smallest absolute Gasteiger partial charge is 0.126 e. The molecular formula is C8H6BrFN2. The molecule has 1 aliphatic rings. The van der Waals surface area contributed by atoms with E-state index in [0.717, 1.165) is 10.0 Å². The van der Waals surface area contributed by atoms with E-state index in [0.29, 0.717) is 17.9 Å². The number of benzene rings is 1. The van der Waals surface area contributed by atoms with E-state index < -0.39 is 0 Å². The molecule has 0 aliphatic carbocycles. The third-order valence-electron chi connectivity index (χ3n) is 1.84. The van der Waals surface area contributed by atoms with Crippen molar-refractivity contribution in [3.8, 4) is 0 Å². The Hall–Kier alpha value is -0.900. The highest BCUT2D eigenvalue weighted by Crippen LogP contribution is 2.26. The predicted molar refractivity (Wildman–Crippen MR) is 48.5 cm³/mol. The van der Waals surface area contributed by atoms with Crippen LogP contribution in [0, 0.1) is 5.82 Å². The number of nitrogens with two attached hydrogens (primary N) is 1. The number of fused-ring (bicyclic) bond motifs is 1. The van der Waals surface area contributed by atoms with Crippen molar-refractivity contribution in [2.24, 2.45) is 10.7 Å². The van der Waals surface area contributed by atoms with Crippen LogP contribution in [0.3, 0.4) is 0 Å². The van der Waals surface area contributed by atoms with Gasteiger partial charge < -0.3 is 5.73 Å². The number of halogens is 2. The summed E-state index contributed by atoms with van der Waals surface area (Å²) in [5.74, 6) is 0.130. The van der Waals surface area contributed by atoms with Crippen LogP contribution in [-0.4, -0.2) is 5.84 Å². The SMILES string of the molecule is NC1=NCc2c(Br)cc(F)cc21. The van der Waals surface area contributed by atoms with Gasteiger partial charge in [0.2, 0.25) is 0 Å². The van der Waals surface area contributed by atoms with Gasteiger partial charge in [0.25, 0.3) is 0 Å². The van der Waals surface area contributed by atoms with Crippen LogP contribution in [0.1, 0.15) is 11.1 Å². The summed E-state index contributed by atoms with van der Waals surface area (Å²) in [6.07, 6.45) is 0. The number of amidine groups is 1. The van der Waals surface area contributed by atoms with Crippen LogP contribution in [0.5, 0.6) is 0 Å². The largest absolute Gasteiger partial charge is 0.383 e. The minimum atomic E-state index is -0.291. The van der Waals surface area contributed by atoms with Gasteiger partial charge in [0.05, 0.1) is 6.54 Å². The fourth-order valence-corrected chi connectivity index (χ4v) is 1.80. The Morgan fingerprint density at radius 3 is 3.00 bits per heavy atom. The van der Waals surface area contributed by atoms with Crippen LogP contribution in [0.25, 0.3) is 0 Å². The van der Waals surface area contributed by atoms with E-state index in [2.05, 4.69) is 20.9 Å². The summed E-state index contributed by atoms with van der Waals surface area (Å²) in [6.45, 7) is 0.544. The summed E-state index contributed by atoms with van der Waals surface area (Å²) in [5.41, 5.74) is 7.22. The fourth-order valence-electron chi connectivity index (χ4n) is 1.24. The van der Waals surface area contributed by atoms with Crippen molar-refractivity contribution < 1.29 is 4.39 Å². The maximum atomic E-state index is 12.9. The molecule has 0 amide bonds. The van der Waals surface area contributed by atoms with Gasteiger partial charge in [-0.3, -0.25) is 4.99 Å². The molecule has 0 bridgehead atoms. The quantitative estimate of drug-likeness (QED) is 0.723. The molecule has 62 valence electrons. The third-order valence-corrected chi connectivity index (χ3v) is 2.55. The lowest BCUT2D eigenvalue weighted by Crippen LogP contribution is -2.10. The maximum Gasteiger partial charge on any atom is 0.126 e. The number of hydrogen-bond donors (Lipinski definition) is 1. The molecule has 1 aliphatic heterocycles. The van der Waals surface area contributed by atoms with E-state index in [1.54, 1.807) is 0 Å². The van der Waals surface area contributed by atoms with Crippen molar-refractivity contribution >= 4 is 21.8 Å². The summed E-state index contributed by atoms with van der Waals surface area (Å²) in [6, 6.07) is 2.83. The average molecular weight is 229 g/mol. The number of rotatable bonds is 0. The van der Waals surface area contributed by atoms with E-state index >= 15 is 0 Å². The fraction of sp³-hybridized carbons (Fsp3) is 0.125. The second-order valence-corrected chi connectivity index (χ2v) is 3.47. The Kier molecular flexibility index (Phi) is 1.65. The van der Waals surface area contributed by atoms with Crippen molar-refractivity contribution in [2.45, 2.75) is 6.54 Å². The zero-order chi connectivity index (χ0) is 8.72. The Bertz CT molecular complexity index is 374. The minimum Gasteiger partial charge on any atom is -0.383 e. The third kappa shape index (κ3) is 1.03. The molecule has 0 saturated carbocycles. The predicted octanol–water partition coefficient (Wildman–Crippen LogP) is 1.81. The first kappa shape index (κ1) is 7.73. The number of aliphatic imine (C=N–C) groups is 1. The van der Waals surface area contributed by atoms with Gasteiger partial charge in [-0.25, -0.2) is 4.39 Å². The first-order valence-corrected chi connectivity index (χ1v) is 4.26. The summed E-state index contributed by atoms with van der Waals surface area (Å²) in [4.78, 5) is 4.00. The van der Waals surface area contributed by atoms with Gasteiger partial charge in [0, 0.05) is 10.0 Å². The molecule has 0 aromatic heterocycles. The van der Waals surface area contributed by atoms with Crippen molar-refractivity contribution in [1.29, 1.82) is 0 Å². The Labute approximate surface area is 77.4 Å². The topological polar surface area (TPSA) is 38.4 Å². The van der Waals surface area contributed by atoms with Crippen LogP contribution in [0.4, 0.5) is 4.39 Å². The molecule has 0 saturated heterocycles. The number of hydrogen-bond acceptors (Lipinski definition) is 2. The molecule has 1 aromatic carbocycles. The van der Waals surface area contributed by atoms with Crippen LogP contribution in [0.2, 0.25) is 0 Å². The van der Waals surface area contributed by atoms with Crippen LogP contribution in [0.15, 0.2) is 21.6 Å². The first-order chi connectivity index (χ1) is 5.68. The molecule has 0 spiro atoms.